The van der Waals surface area contributed by atoms with Crippen LogP contribution in [0.4, 0.5) is 5.69 Å². The smallest absolute Gasteiger partial charge is 0.238 e. The van der Waals surface area contributed by atoms with Crippen LogP contribution >= 0.6 is 15.9 Å². The number of nitrogens with two attached hydrogens (primary N) is 1. The topological polar surface area (TPSA) is 87.7 Å². The number of benzene rings is 1. The van der Waals surface area contributed by atoms with Crippen molar-refractivity contribution in [3.8, 4) is 0 Å². The highest BCUT2D eigenvalue weighted by Crippen LogP contribution is 2.29. The van der Waals surface area contributed by atoms with E-state index < -0.39 is 5.41 Å². The van der Waals surface area contributed by atoms with Crippen LogP contribution in [0.1, 0.15) is 32.3 Å². The highest BCUT2D eigenvalue weighted by Gasteiger charge is 2.39. The van der Waals surface area contributed by atoms with E-state index in [-0.39, 0.29) is 11.7 Å². The number of carbonyl (C=O) groups excluding carboxylic acids is 1. The normalized spacial score (nSPS) is 12.3. The molecular weight excluding hydrogens is 322 g/mol. The number of anilines is 1. The van der Waals surface area contributed by atoms with Gasteiger partial charge in [-0.25, -0.2) is 0 Å². The van der Waals surface area contributed by atoms with E-state index in [1.54, 1.807) is 0 Å². The molecule has 0 spiro atoms. The Hall–Kier alpha value is -1.56. The maximum absolute atomic E-state index is 12.5. The predicted octanol–water partition coefficient (Wildman–Crippen LogP) is 3.25. The fourth-order valence-electron chi connectivity index (χ4n) is 2.07. The molecule has 0 aliphatic rings. The Kier molecular flexibility index (Phi) is 5.56. The van der Waals surface area contributed by atoms with Gasteiger partial charge in [0.15, 0.2) is 5.84 Å². The van der Waals surface area contributed by atoms with Crippen molar-refractivity contribution in [1.29, 1.82) is 0 Å². The van der Waals surface area contributed by atoms with E-state index in [9.17, 15) is 4.79 Å². The molecule has 0 aromatic heterocycles. The fourth-order valence-corrected chi connectivity index (χ4v) is 2.45. The van der Waals surface area contributed by atoms with Crippen LogP contribution in [0, 0.1) is 12.3 Å². The van der Waals surface area contributed by atoms with Gasteiger partial charge in [-0.3, -0.25) is 4.79 Å². The van der Waals surface area contributed by atoms with E-state index in [0.29, 0.717) is 18.5 Å². The second-order valence-electron chi connectivity index (χ2n) is 4.69. The number of nitrogens with zero attached hydrogens (tertiary/aromatic N) is 1. The number of halogens is 1. The Morgan fingerprint density at radius 2 is 2.05 bits per heavy atom. The molecule has 0 bridgehead atoms. The molecule has 0 aliphatic heterocycles. The Labute approximate surface area is 127 Å². The van der Waals surface area contributed by atoms with E-state index in [0.717, 1.165) is 10.0 Å². The fraction of sp³-hybridized carbons (Fsp3) is 0.429. The summed E-state index contributed by atoms with van der Waals surface area (Å²) in [4.78, 5) is 12.5. The van der Waals surface area contributed by atoms with Crippen molar-refractivity contribution in [2.75, 3.05) is 5.32 Å². The van der Waals surface area contributed by atoms with E-state index in [4.69, 9.17) is 10.9 Å². The third-order valence-electron chi connectivity index (χ3n) is 3.67. The first-order valence-corrected chi connectivity index (χ1v) is 7.26. The van der Waals surface area contributed by atoms with Crippen LogP contribution < -0.4 is 11.1 Å². The van der Waals surface area contributed by atoms with Crippen molar-refractivity contribution in [3.63, 3.8) is 0 Å². The molecule has 0 radical (unpaired) electrons. The molecule has 0 fully saturated rings. The minimum absolute atomic E-state index is 0.0637. The molecule has 0 saturated carbocycles. The van der Waals surface area contributed by atoms with Crippen molar-refractivity contribution in [2.24, 2.45) is 16.3 Å². The Morgan fingerprint density at radius 1 is 1.45 bits per heavy atom. The van der Waals surface area contributed by atoms with Crippen LogP contribution in [0.2, 0.25) is 0 Å². The SMILES string of the molecule is CCC(CC)(C(=O)Nc1ccc(C)c(Br)c1)C(N)=NO. The monoisotopic (exact) mass is 341 g/mol. The first kappa shape index (κ1) is 16.5. The molecule has 4 N–H and O–H groups in total. The predicted molar refractivity (Wildman–Crippen MR) is 83.9 cm³/mol. The molecule has 20 heavy (non-hydrogen) atoms. The summed E-state index contributed by atoms with van der Waals surface area (Å²) in [6.07, 6.45) is 0.913. The molecule has 1 rings (SSSR count). The largest absolute Gasteiger partial charge is 0.409 e. The third kappa shape index (κ3) is 3.12. The van der Waals surface area contributed by atoms with Crippen molar-refractivity contribution >= 4 is 33.4 Å². The second kappa shape index (κ2) is 6.74. The van der Waals surface area contributed by atoms with E-state index in [1.807, 2.05) is 39.0 Å². The van der Waals surface area contributed by atoms with Crippen LogP contribution in [-0.2, 0) is 4.79 Å². The van der Waals surface area contributed by atoms with E-state index >= 15 is 0 Å². The zero-order chi connectivity index (χ0) is 15.3. The van der Waals surface area contributed by atoms with Crippen molar-refractivity contribution in [2.45, 2.75) is 33.6 Å². The lowest BCUT2D eigenvalue weighted by molar-refractivity contribution is -0.122. The van der Waals surface area contributed by atoms with Crippen LogP contribution in [0.15, 0.2) is 27.8 Å². The van der Waals surface area contributed by atoms with Crippen LogP contribution in [0.5, 0.6) is 0 Å². The van der Waals surface area contributed by atoms with Gasteiger partial charge in [0.25, 0.3) is 0 Å². The van der Waals surface area contributed by atoms with Gasteiger partial charge in [-0.05, 0) is 37.5 Å². The number of rotatable bonds is 5. The van der Waals surface area contributed by atoms with Gasteiger partial charge >= 0.3 is 0 Å². The molecule has 1 amide bonds. The van der Waals surface area contributed by atoms with Crippen molar-refractivity contribution in [1.82, 2.24) is 0 Å². The van der Waals surface area contributed by atoms with E-state index in [1.165, 1.54) is 0 Å². The number of hydrogen-bond acceptors (Lipinski definition) is 3. The summed E-state index contributed by atoms with van der Waals surface area (Å²) in [6.45, 7) is 5.65. The van der Waals surface area contributed by atoms with Crippen LogP contribution in [0.3, 0.4) is 0 Å². The summed E-state index contributed by atoms with van der Waals surface area (Å²) in [5, 5.41) is 14.8. The number of hydrogen-bond donors (Lipinski definition) is 3. The van der Waals surface area contributed by atoms with Gasteiger partial charge in [0.05, 0.1) is 0 Å². The maximum Gasteiger partial charge on any atom is 0.238 e. The van der Waals surface area contributed by atoms with Crippen molar-refractivity contribution in [3.05, 3.63) is 28.2 Å². The molecular formula is C14H20BrN3O2. The Bertz CT molecular complexity index is 525. The number of nitrogens with one attached hydrogen (secondary N) is 1. The first-order valence-electron chi connectivity index (χ1n) is 6.46. The number of oxime groups is 1. The summed E-state index contributed by atoms with van der Waals surface area (Å²) in [7, 11) is 0. The molecule has 5 nitrogen and oxygen atoms in total. The standard InChI is InChI=1S/C14H20BrN3O2/c1-4-14(5-2,12(16)18-20)13(19)17-10-7-6-9(3)11(15)8-10/h6-8,20H,4-5H2,1-3H3,(H2,16,18)(H,17,19). The van der Waals surface area contributed by atoms with Crippen molar-refractivity contribution < 1.29 is 10.0 Å². The first-order chi connectivity index (χ1) is 9.41. The minimum atomic E-state index is -0.994. The van der Waals surface area contributed by atoms with Gasteiger partial charge in [0.1, 0.15) is 5.41 Å². The summed E-state index contributed by atoms with van der Waals surface area (Å²) in [6, 6.07) is 5.55. The molecule has 0 saturated heterocycles. The Morgan fingerprint density at radius 3 is 2.50 bits per heavy atom. The number of carbonyl (C=O) groups is 1. The second-order valence-corrected chi connectivity index (χ2v) is 5.55. The average Bonchev–Trinajstić information content (AvgIpc) is 2.44. The van der Waals surface area contributed by atoms with Gasteiger partial charge in [-0.2, -0.15) is 0 Å². The molecule has 110 valence electrons. The summed E-state index contributed by atoms with van der Waals surface area (Å²) in [5.41, 5.74) is 6.47. The van der Waals surface area contributed by atoms with Gasteiger partial charge in [-0.1, -0.05) is 41.0 Å². The third-order valence-corrected chi connectivity index (χ3v) is 4.52. The quantitative estimate of drug-likeness (QED) is 0.332. The zero-order valence-electron chi connectivity index (χ0n) is 11.9. The van der Waals surface area contributed by atoms with Gasteiger partial charge in [0.2, 0.25) is 5.91 Å². The molecule has 0 unspecified atom stereocenters. The molecule has 0 heterocycles. The van der Waals surface area contributed by atoms with Crippen LogP contribution in [0.25, 0.3) is 0 Å². The highest BCUT2D eigenvalue weighted by molar-refractivity contribution is 9.10. The number of amides is 1. The molecule has 6 heteroatoms. The lowest BCUT2D eigenvalue weighted by atomic mass is 9.80. The summed E-state index contributed by atoms with van der Waals surface area (Å²) < 4.78 is 0.915. The summed E-state index contributed by atoms with van der Waals surface area (Å²) >= 11 is 3.42. The van der Waals surface area contributed by atoms with Gasteiger partial charge < -0.3 is 16.3 Å². The molecule has 1 aromatic rings. The highest BCUT2D eigenvalue weighted by atomic mass is 79.9. The lowest BCUT2D eigenvalue weighted by Crippen LogP contribution is -2.46. The summed E-state index contributed by atoms with van der Waals surface area (Å²) in [5.74, 6) is -0.334. The minimum Gasteiger partial charge on any atom is -0.409 e. The maximum atomic E-state index is 12.5. The number of aryl methyl sites for hydroxylation is 1. The number of amidine groups is 1. The molecule has 1 aromatic carbocycles. The van der Waals surface area contributed by atoms with Crippen LogP contribution in [-0.4, -0.2) is 17.0 Å². The lowest BCUT2D eigenvalue weighted by Gasteiger charge is -2.28. The zero-order valence-corrected chi connectivity index (χ0v) is 13.5. The average molecular weight is 342 g/mol. The van der Waals surface area contributed by atoms with E-state index in [2.05, 4.69) is 26.4 Å². The molecule has 0 aliphatic carbocycles. The van der Waals surface area contributed by atoms with Gasteiger partial charge in [-0.15, -0.1) is 0 Å². The molecule has 0 atom stereocenters. The van der Waals surface area contributed by atoms with Gasteiger partial charge in [0, 0.05) is 10.2 Å². The Balaban J connectivity index is 3.06.